The lowest BCUT2D eigenvalue weighted by Crippen LogP contribution is -2.31. The number of urea groups is 1. The fourth-order valence-corrected chi connectivity index (χ4v) is 2.19. The number of anilines is 1. The number of amides is 2. The minimum atomic E-state index is -0.203. The third-order valence-corrected chi connectivity index (χ3v) is 3.52. The minimum absolute atomic E-state index is 0.0482. The molecule has 0 heterocycles. The molecule has 0 aliphatic rings. The largest absolute Gasteiger partial charge is 0.331 e. The number of nitrogens with one attached hydrogen (secondary N) is 2. The molecule has 2 aromatic rings. The van der Waals surface area contributed by atoms with Crippen LogP contribution in [-0.4, -0.2) is 6.03 Å². The van der Waals surface area contributed by atoms with E-state index in [1.54, 1.807) is 0 Å². The van der Waals surface area contributed by atoms with E-state index in [0.717, 1.165) is 21.3 Å². The summed E-state index contributed by atoms with van der Waals surface area (Å²) in [6.45, 7) is 3.95. The van der Waals surface area contributed by atoms with Crippen LogP contribution in [0.5, 0.6) is 0 Å². The highest BCUT2D eigenvalue weighted by Crippen LogP contribution is 2.17. The molecule has 2 aromatic carbocycles. The molecule has 0 aromatic heterocycles. The predicted octanol–water partition coefficient (Wildman–Crippen LogP) is 4.64. The number of aryl methyl sites for hydroxylation is 1. The highest BCUT2D eigenvalue weighted by atomic mass is 79.9. The first-order valence-electron chi connectivity index (χ1n) is 6.44. The maximum absolute atomic E-state index is 11.9. The summed E-state index contributed by atoms with van der Waals surface area (Å²) in [5.74, 6) is 0. The second kappa shape index (κ2) is 6.57. The van der Waals surface area contributed by atoms with Gasteiger partial charge in [-0.3, -0.25) is 0 Å². The Labute approximate surface area is 127 Å². The SMILES string of the molecule is Cc1cccc(NC(=O)N[C@H](C)c2ccc(Br)cc2)c1. The van der Waals surface area contributed by atoms with E-state index >= 15 is 0 Å². The van der Waals surface area contributed by atoms with Crippen LogP contribution in [0.2, 0.25) is 0 Å². The average Bonchev–Trinajstić information content (AvgIpc) is 2.39. The van der Waals surface area contributed by atoms with Crippen molar-refractivity contribution in [1.29, 1.82) is 0 Å². The number of rotatable bonds is 3. The molecule has 0 aliphatic heterocycles. The van der Waals surface area contributed by atoms with Gasteiger partial charge in [0.1, 0.15) is 0 Å². The molecule has 0 bridgehead atoms. The van der Waals surface area contributed by atoms with Gasteiger partial charge in [0.25, 0.3) is 0 Å². The Morgan fingerprint density at radius 3 is 2.50 bits per heavy atom. The number of hydrogen-bond donors (Lipinski definition) is 2. The summed E-state index contributed by atoms with van der Waals surface area (Å²) >= 11 is 3.40. The number of benzene rings is 2. The first-order valence-corrected chi connectivity index (χ1v) is 7.23. The van der Waals surface area contributed by atoms with Crippen molar-refractivity contribution in [2.75, 3.05) is 5.32 Å². The third-order valence-electron chi connectivity index (χ3n) is 2.99. The Balaban J connectivity index is 1.95. The van der Waals surface area contributed by atoms with E-state index in [1.165, 1.54) is 0 Å². The molecule has 3 nitrogen and oxygen atoms in total. The van der Waals surface area contributed by atoms with Crippen molar-refractivity contribution >= 4 is 27.6 Å². The van der Waals surface area contributed by atoms with Crippen LogP contribution in [-0.2, 0) is 0 Å². The molecule has 2 amide bonds. The van der Waals surface area contributed by atoms with E-state index in [2.05, 4.69) is 26.6 Å². The molecule has 0 saturated carbocycles. The Morgan fingerprint density at radius 2 is 1.85 bits per heavy atom. The van der Waals surface area contributed by atoms with Gasteiger partial charge < -0.3 is 10.6 Å². The van der Waals surface area contributed by atoms with E-state index in [4.69, 9.17) is 0 Å². The monoisotopic (exact) mass is 332 g/mol. The lowest BCUT2D eigenvalue weighted by atomic mass is 10.1. The van der Waals surface area contributed by atoms with E-state index < -0.39 is 0 Å². The van der Waals surface area contributed by atoms with Gasteiger partial charge >= 0.3 is 6.03 Å². The zero-order valence-electron chi connectivity index (χ0n) is 11.5. The van der Waals surface area contributed by atoms with Gasteiger partial charge in [0, 0.05) is 10.2 Å². The molecule has 104 valence electrons. The Hall–Kier alpha value is -1.81. The number of halogens is 1. The fourth-order valence-electron chi connectivity index (χ4n) is 1.92. The zero-order chi connectivity index (χ0) is 14.5. The molecule has 0 aliphatic carbocycles. The molecule has 4 heteroatoms. The van der Waals surface area contributed by atoms with Crippen molar-refractivity contribution in [3.05, 3.63) is 64.1 Å². The Kier molecular flexibility index (Phi) is 4.79. The van der Waals surface area contributed by atoms with Gasteiger partial charge in [-0.05, 0) is 49.2 Å². The maximum atomic E-state index is 11.9. The van der Waals surface area contributed by atoms with Crippen LogP contribution in [0.4, 0.5) is 10.5 Å². The van der Waals surface area contributed by atoms with Crippen LogP contribution >= 0.6 is 15.9 Å². The summed E-state index contributed by atoms with van der Waals surface area (Å²) in [5, 5.41) is 5.75. The van der Waals surface area contributed by atoms with Crippen LogP contribution in [0.3, 0.4) is 0 Å². The second-order valence-electron chi connectivity index (χ2n) is 4.74. The lowest BCUT2D eigenvalue weighted by Gasteiger charge is -2.15. The highest BCUT2D eigenvalue weighted by molar-refractivity contribution is 9.10. The predicted molar refractivity (Wildman–Crippen MR) is 85.9 cm³/mol. The number of carbonyl (C=O) groups excluding carboxylic acids is 1. The highest BCUT2D eigenvalue weighted by Gasteiger charge is 2.09. The molecule has 0 unspecified atom stereocenters. The molecule has 0 fully saturated rings. The summed E-state index contributed by atoms with van der Waals surface area (Å²) in [6, 6.07) is 15.4. The van der Waals surface area contributed by atoms with Crippen molar-refractivity contribution < 1.29 is 4.79 Å². The Bertz CT molecular complexity index is 596. The van der Waals surface area contributed by atoms with Crippen molar-refractivity contribution in [1.82, 2.24) is 5.32 Å². The average molecular weight is 333 g/mol. The van der Waals surface area contributed by atoms with Crippen molar-refractivity contribution in [2.24, 2.45) is 0 Å². The quantitative estimate of drug-likeness (QED) is 0.844. The molecule has 1 atom stereocenters. The van der Waals surface area contributed by atoms with Crippen LogP contribution in [0.15, 0.2) is 53.0 Å². The smallest absolute Gasteiger partial charge is 0.319 e. The standard InChI is InChI=1S/C16H17BrN2O/c1-11-4-3-5-15(10-11)19-16(20)18-12(2)13-6-8-14(17)9-7-13/h3-10,12H,1-2H3,(H2,18,19,20)/t12-/m1/s1. The third kappa shape index (κ3) is 4.10. The van der Waals surface area contributed by atoms with E-state index in [0.29, 0.717) is 0 Å². The number of carbonyl (C=O) groups is 1. The molecule has 0 saturated heterocycles. The first kappa shape index (κ1) is 14.6. The topological polar surface area (TPSA) is 41.1 Å². The van der Waals surface area contributed by atoms with Crippen LogP contribution in [0, 0.1) is 6.92 Å². The lowest BCUT2D eigenvalue weighted by molar-refractivity contribution is 0.249. The van der Waals surface area contributed by atoms with Crippen molar-refractivity contribution in [3.8, 4) is 0 Å². The van der Waals surface area contributed by atoms with Crippen molar-refractivity contribution in [2.45, 2.75) is 19.9 Å². The molecular formula is C16H17BrN2O. The van der Waals surface area contributed by atoms with Crippen LogP contribution in [0.25, 0.3) is 0 Å². The molecule has 2 rings (SSSR count). The molecule has 2 N–H and O–H groups in total. The molecule has 0 radical (unpaired) electrons. The summed E-state index contributed by atoms with van der Waals surface area (Å²) in [5.41, 5.74) is 2.97. The summed E-state index contributed by atoms with van der Waals surface area (Å²) in [6.07, 6.45) is 0. The van der Waals surface area contributed by atoms with Gasteiger partial charge in [-0.1, -0.05) is 40.2 Å². The van der Waals surface area contributed by atoms with E-state index in [1.807, 2.05) is 62.4 Å². The van der Waals surface area contributed by atoms with Gasteiger partial charge in [0.05, 0.1) is 6.04 Å². The Morgan fingerprint density at radius 1 is 1.15 bits per heavy atom. The maximum Gasteiger partial charge on any atom is 0.319 e. The normalized spacial score (nSPS) is 11.8. The molecular weight excluding hydrogens is 316 g/mol. The van der Waals surface area contributed by atoms with Gasteiger partial charge in [-0.15, -0.1) is 0 Å². The first-order chi connectivity index (χ1) is 9.54. The summed E-state index contributed by atoms with van der Waals surface area (Å²) in [4.78, 5) is 11.9. The van der Waals surface area contributed by atoms with E-state index in [9.17, 15) is 4.79 Å². The fraction of sp³-hybridized carbons (Fsp3) is 0.188. The van der Waals surface area contributed by atoms with Crippen LogP contribution in [0.1, 0.15) is 24.1 Å². The minimum Gasteiger partial charge on any atom is -0.331 e. The van der Waals surface area contributed by atoms with Crippen molar-refractivity contribution in [3.63, 3.8) is 0 Å². The number of hydrogen-bond acceptors (Lipinski definition) is 1. The van der Waals surface area contributed by atoms with Gasteiger partial charge in [-0.25, -0.2) is 4.79 Å². The summed E-state index contributed by atoms with van der Waals surface area (Å²) in [7, 11) is 0. The van der Waals surface area contributed by atoms with Gasteiger partial charge in [0.2, 0.25) is 0 Å². The van der Waals surface area contributed by atoms with Crippen LogP contribution < -0.4 is 10.6 Å². The van der Waals surface area contributed by atoms with Gasteiger partial charge in [-0.2, -0.15) is 0 Å². The molecule has 0 spiro atoms. The zero-order valence-corrected chi connectivity index (χ0v) is 13.1. The molecule has 20 heavy (non-hydrogen) atoms. The summed E-state index contributed by atoms with van der Waals surface area (Å²) < 4.78 is 1.03. The van der Waals surface area contributed by atoms with Gasteiger partial charge in [0.15, 0.2) is 0 Å². The second-order valence-corrected chi connectivity index (χ2v) is 5.66. The van der Waals surface area contributed by atoms with E-state index in [-0.39, 0.29) is 12.1 Å².